The summed E-state index contributed by atoms with van der Waals surface area (Å²) in [5.74, 6) is -1.50. The van der Waals surface area contributed by atoms with E-state index in [0.717, 1.165) is 5.56 Å². The van der Waals surface area contributed by atoms with E-state index in [4.69, 9.17) is 9.47 Å². The molecule has 0 atom stereocenters. The van der Waals surface area contributed by atoms with Crippen LogP contribution in [0.25, 0.3) is 0 Å². The molecular weight excluding hydrogens is 376 g/mol. The molecule has 0 saturated heterocycles. The van der Waals surface area contributed by atoms with Crippen LogP contribution in [0.4, 0.5) is 8.78 Å². The van der Waals surface area contributed by atoms with E-state index < -0.39 is 25.1 Å². The van der Waals surface area contributed by atoms with Gasteiger partial charge < -0.3 is 24.6 Å². The predicted octanol–water partition coefficient (Wildman–Crippen LogP) is 2.52. The average molecular weight is 395 g/mol. The van der Waals surface area contributed by atoms with Crippen molar-refractivity contribution in [3.05, 3.63) is 53.6 Å². The largest absolute Gasteiger partial charge is 0.507 e. The number of carbonyl (C=O) groups excluding carboxylic acids is 2. The Morgan fingerprint density at radius 2 is 1.89 bits per heavy atom. The molecule has 9 heteroatoms. The Bertz CT molecular complexity index is 828. The number of hydrogen-bond donors (Lipinski definition) is 2. The number of phenolic OH excluding ortho intramolecular Hbond substituents is 1. The Labute approximate surface area is 159 Å². The number of rotatable bonds is 9. The first-order valence-electron chi connectivity index (χ1n) is 8.24. The summed E-state index contributed by atoms with van der Waals surface area (Å²) in [6.45, 7) is -3.23. The monoisotopic (exact) mass is 395 g/mol. The third-order valence-corrected chi connectivity index (χ3v) is 3.64. The highest BCUT2D eigenvalue weighted by Gasteiger charge is 2.14. The summed E-state index contributed by atoms with van der Waals surface area (Å²) in [5.41, 5.74) is 0.693. The van der Waals surface area contributed by atoms with Crippen LogP contribution in [0.3, 0.4) is 0 Å². The van der Waals surface area contributed by atoms with Crippen LogP contribution < -0.4 is 14.8 Å². The normalized spacial score (nSPS) is 10.4. The molecule has 2 aromatic rings. The fourth-order valence-electron chi connectivity index (χ4n) is 2.31. The van der Waals surface area contributed by atoms with Crippen molar-refractivity contribution in [2.24, 2.45) is 0 Å². The van der Waals surface area contributed by atoms with Crippen LogP contribution in [0.5, 0.6) is 17.2 Å². The molecule has 28 heavy (non-hydrogen) atoms. The van der Waals surface area contributed by atoms with Crippen molar-refractivity contribution in [3.63, 3.8) is 0 Å². The van der Waals surface area contributed by atoms with Crippen molar-refractivity contribution in [2.75, 3.05) is 20.3 Å². The molecule has 0 aliphatic rings. The summed E-state index contributed by atoms with van der Waals surface area (Å²) in [5, 5.41) is 12.1. The number of hydrogen-bond acceptors (Lipinski definition) is 6. The van der Waals surface area contributed by atoms with Gasteiger partial charge in [0.2, 0.25) is 0 Å². The minimum Gasteiger partial charge on any atom is -0.507 e. The quantitative estimate of drug-likeness (QED) is 0.634. The molecule has 0 spiro atoms. The Morgan fingerprint density at radius 1 is 1.14 bits per heavy atom. The molecule has 0 bridgehead atoms. The summed E-state index contributed by atoms with van der Waals surface area (Å²) < 4.78 is 38.8. The maximum absolute atomic E-state index is 12.3. The first-order chi connectivity index (χ1) is 13.4. The summed E-state index contributed by atoms with van der Waals surface area (Å²) in [4.78, 5) is 23.6. The van der Waals surface area contributed by atoms with Crippen LogP contribution in [0.1, 0.15) is 15.9 Å². The highest BCUT2D eigenvalue weighted by molar-refractivity contribution is 5.93. The maximum atomic E-state index is 12.3. The first-order valence-corrected chi connectivity index (χ1v) is 8.24. The number of methoxy groups -OCH3 is 1. The number of carbonyl (C=O) groups is 2. The van der Waals surface area contributed by atoms with Gasteiger partial charge >= 0.3 is 12.6 Å². The zero-order valence-electron chi connectivity index (χ0n) is 15.0. The zero-order chi connectivity index (χ0) is 20.5. The van der Waals surface area contributed by atoms with Gasteiger partial charge in [0.05, 0.1) is 7.11 Å². The van der Waals surface area contributed by atoms with Gasteiger partial charge in [-0.1, -0.05) is 18.2 Å². The van der Waals surface area contributed by atoms with Gasteiger partial charge in [0.1, 0.15) is 11.3 Å². The van der Waals surface area contributed by atoms with Crippen molar-refractivity contribution in [1.82, 2.24) is 5.32 Å². The number of amides is 1. The van der Waals surface area contributed by atoms with E-state index in [9.17, 15) is 23.5 Å². The zero-order valence-corrected chi connectivity index (χ0v) is 15.0. The van der Waals surface area contributed by atoms with Gasteiger partial charge in [-0.05, 0) is 36.2 Å². The SMILES string of the molecule is COc1cc(CCNC(=O)COC(=O)c2ccccc2O)ccc1OC(F)F. The molecule has 0 aliphatic carbocycles. The van der Waals surface area contributed by atoms with Gasteiger partial charge in [-0.25, -0.2) is 4.79 Å². The van der Waals surface area contributed by atoms with Crippen molar-refractivity contribution in [2.45, 2.75) is 13.0 Å². The third kappa shape index (κ3) is 6.11. The third-order valence-electron chi connectivity index (χ3n) is 3.64. The molecule has 2 rings (SSSR count). The lowest BCUT2D eigenvalue weighted by molar-refractivity contribution is -0.124. The van der Waals surface area contributed by atoms with E-state index >= 15 is 0 Å². The molecule has 1 amide bonds. The molecule has 0 radical (unpaired) electrons. The van der Waals surface area contributed by atoms with E-state index in [-0.39, 0.29) is 29.4 Å². The van der Waals surface area contributed by atoms with Gasteiger partial charge in [0.25, 0.3) is 5.91 Å². The van der Waals surface area contributed by atoms with Gasteiger partial charge in [-0.15, -0.1) is 0 Å². The summed E-state index contributed by atoms with van der Waals surface area (Å²) in [6.07, 6.45) is 0.393. The first kappa shape index (κ1) is 20.9. The molecule has 2 N–H and O–H groups in total. The number of esters is 1. The van der Waals surface area contributed by atoms with E-state index in [1.165, 1.54) is 31.4 Å². The van der Waals surface area contributed by atoms with Crippen LogP contribution in [-0.2, 0) is 16.0 Å². The highest BCUT2D eigenvalue weighted by Crippen LogP contribution is 2.29. The van der Waals surface area contributed by atoms with Crippen LogP contribution in [-0.4, -0.2) is 43.9 Å². The molecule has 0 aliphatic heterocycles. The van der Waals surface area contributed by atoms with Crippen LogP contribution in [0, 0.1) is 0 Å². The number of nitrogens with one attached hydrogen (secondary N) is 1. The number of alkyl halides is 2. The number of benzene rings is 2. The molecule has 0 unspecified atom stereocenters. The Balaban J connectivity index is 1.79. The van der Waals surface area contributed by atoms with Crippen molar-refractivity contribution in [1.29, 1.82) is 0 Å². The molecule has 2 aromatic carbocycles. The smallest absolute Gasteiger partial charge is 0.387 e. The molecule has 7 nitrogen and oxygen atoms in total. The summed E-state index contributed by atoms with van der Waals surface area (Å²) in [7, 11) is 1.33. The van der Waals surface area contributed by atoms with Gasteiger partial charge in [-0.3, -0.25) is 4.79 Å². The molecule has 0 saturated carbocycles. The lowest BCUT2D eigenvalue weighted by Gasteiger charge is -2.12. The molecule has 0 fully saturated rings. The van der Waals surface area contributed by atoms with Crippen molar-refractivity contribution >= 4 is 11.9 Å². The van der Waals surface area contributed by atoms with Gasteiger partial charge in [0.15, 0.2) is 18.1 Å². The minimum atomic E-state index is -2.96. The van der Waals surface area contributed by atoms with Crippen LogP contribution >= 0.6 is 0 Å². The Kier molecular flexibility index (Phi) is 7.55. The van der Waals surface area contributed by atoms with E-state index in [1.54, 1.807) is 18.2 Å². The van der Waals surface area contributed by atoms with Crippen molar-refractivity contribution in [3.8, 4) is 17.2 Å². The fraction of sp³-hybridized carbons (Fsp3) is 0.263. The average Bonchev–Trinajstić information content (AvgIpc) is 2.67. The molecule has 150 valence electrons. The Morgan fingerprint density at radius 3 is 2.57 bits per heavy atom. The summed E-state index contributed by atoms with van der Waals surface area (Å²) in [6, 6.07) is 10.3. The van der Waals surface area contributed by atoms with E-state index in [2.05, 4.69) is 10.1 Å². The number of para-hydroxylation sites is 1. The number of aromatic hydroxyl groups is 1. The maximum Gasteiger partial charge on any atom is 0.387 e. The van der Waals surface area contributed by atoms with Gasteiger partial charge in [0, 0.05) is 6.54 Å². The lowest BCUT2D eigenvalue weighted by atomic mass is 10.1. The van der Waals surface area contributed by atoms with E-state index in [1.807, 2.05) is 0 Å². The highest BCUT2D eigenvalue weighted by atomic mass is 19.3. The van der Waals surface area contributed by atoms with Crippen LogP contribution in [0.2, 0.25) is 0 Å². The predicted molar refractivity (Wildman–Crippen MR) is 94.7 cm³/mol. The number of ether oxygens (including phenoxy) is 3. The number of halogens is 2. The van der Waals surface area contributed by atoms with Crippen molar-refractivity contribution < 1.29 is 37.7 Å². The Hall–Kier alpha value is -3.36. The second-order valence-corrected chi connectivity index (χ2v) is 5.56. The minimum absolute atomic E-state index is 0.0338. The summed E-state index contributed by atoms with van der Waals surface area (Å²) >= 11 is 0. The fourth-order valence-corrected chi connectivity index (χ4v) is 2.31. The second-order valence-electron chi connectivity index (χ2n) is 5.56. The van der Waals surface area contributed by atoms with Gasteiger partial charge in [-0.2, -0.15) is 8.78 Å². The lowest BCUT2D eigenvalue weighted by Crippen LogP contribution is -2.30. The van der Waals surface area contributed by atoms with Crippen LogP contribution in [0.15, 0.2) is 42.5 Å². The standard InChI is InChI=1S/C19H19F2NO6/c1-26-16-10-12(6-7-15(16)28-19(20)21)8-9-22-17(24)11-27-18(25)13-4-2-3-5-14(13)23/h2-7,10,19,23H,8-9,11H2,1H3,(H,22,24). The topological polar surface area (TPSA) is 94.1 Å². The second kappa shape index (κ2) is 10.1. The molecular formula is C19H19F2NO6. The molecule has 0 heterocycles. The van der Waals surface area contributed by atoms with E-state index in [0.29, 0.717) is 6.42 Å². The molecule has 0 aromatic heterocycles. The number of phenols is 1.